The highest BCUT2D eigenvalue weighted by Crippen LogP contribution is 2.42. The molecule has 1 heterocycles. The first-order chi connectivity index (χ1) is 12.3. The monoisotopic (exact) mass is 369 g/mol. The number of hydrogen-bond acceptors (Lipinski definition) is 3. The van der Waals surface area contributed by atoms with E-state index in [0.717, 1.165) is 31.7 Å². The van der Waals surface area contributed by atoms with Gasteiger partial charge in [-0.2, -0.15) is 13.2 Å². The molecule has 3 N–H and O–H groups in total. The Labute approximate surface area is 149 Å². The number of carbonyl (C=O) groups excluding carboxylic acids is 2. The van der Waals surface area contributed by atoms with Crippen LogP contribution in [0.5, 0.6) is 0 Å². The molecule has 0 aromatic heterocycles. The van der Waals surface area contributed by atoms with Gasteiger partial charge in [-0.15, -0.1) is 0 Å². The molecule has 5 nitrogen and oxygen atoms in total. The maximum Gasteiger partial charge on any atom is 0.416 e. The molecule has 142 valence electrons. The quantitative estimate of drug-likeness (QED) is 0.763. The maximum absolute atomic E-state index is 13.1. The number of halogens is 3. The van der Waals surface area contributed by atoms with Crippen molar-refractivity contribution in [3.05, 3.63) is 35.4 Å². The van der Waals surface area contributed by atoms with Crippen molar-refractivity contribution in [1.29, 1.82) is 0 Å². The van der Waals surface area contributed by atoms with Crippen molar-refractivity contribution in [2.75, 3.05) is 6.54 Å². The molecule has 0 bridgehead atoms. The molecule has 1 aromatic carbocycles. The fourth-order valence-electron chi connectivity index (χ4n) is 3.80. The zero-order valence-corrected chi connectivity index (χ0v) is 14.3. The van der Waals surface area contributed by atoms with E-state index in [1.165, 1.54) is 12.1 Å². The van der Waals surface area contributed by atoms with Crippen LogP contribution in [0.3, 0.4) is 0 Å². The predicted molar refractivity (Wildman–Crippen MR) is 88.9 cm³/mol. The van der Waals surface area contributed by atoms with E-state index in [4.69, 9.17) is 0 Å². The molecule has 3 rings (SSSR count). The molecule has 1 aliphatic carbocycles. The van der Waals surface area contributed by atoms with Crippen LogP contribution in [0.15, 0.2) is 24.3 Å². The zero-order valence-electron chi connectivity index (χ0n) is 14.3. The number of hydrazine groups is 1. The lowest BCUT2D eigenvalue weighted by atomic mass is 9.78. The Balaban J connectivity index is 1.72. The average Bonchev–Trinajstić information content (AvgIpc) is 3.10. The first kappa shape index (κ1) is 18.7. The van der Waals surface area contributed by atoms with Crippen LogP contribution >= 0.6 is 0 Å². The number of alkyl halides is 3. The van der Waals surface area contributed by atoms with Crippen LogP contribution in [0.1, 0.15) is 49.7 Å². The van der Waals surface area contributed by atoms with E-state index in [-0.39, 0.29) is 18.2 Å². The molecule has 26 heavy (non-hydrogen) atoms. The number of amides is 2. The standard InChI is InChI=1S/C18H22F3N3O2/c19-18(20,21)13-5-3-4-12(10-13)17(8-1-2-9-17)11-22-16(26)14-6-7-15(25)24-23-14/h3-5,10,14,23H,1-2,6-9,11H2,(H,22,26)(H,24,25). The maximum atomic E-state index is 13.1. The van der Waals surface area contributed by atoms with Gasteiger partial charge in [0.2, 0.25) is 11.8 Å². The molecule has 2 aliphatic rings. The van der Waals surface area contributed by atoms with Gasteiger partial charge in [0.1, 0.15) is 6.04 Å². The Bertz CT molecular complexity index is 675. The Hall–Kier alpha value is -2.09. The summed E-state index contributed by atoms with van der Waals surface area (Å²) in [4.78, 5) is 23.5. The van der Waals surface area contributed by atoms with Crippen LogP contribution in [0.25, 0.3) is 0 Å². The van der Waals surface area contributed by atoms with Gasteiger partial charge in [0.15, 0.2) is 0 Å². The molecular formula is C18H22F3N3O2. The lowest BCUT2D eigenvalue weighted by Crippen LogP contribution is -2.56. The fourth-order valence-corrected chi connectivity index (χ4v) is 3.80. The Morgan fingerprint density at radius 3 is 2.62 bits per heavy atom. The molecule has 1 saturated heterocycles. The molecule has 0 spiro atoms. The van der Waals surface area contributed by atoms with Crippen molar-refractivity contribution in [2.45, 2.75) is 56.2 Å². The minimum atomic E-state index is -4.39. The van der Waals surface area contributed by atoms with Crippen LogP contribution in [-0.4, -0.2) is 24.4 Å². The summed E-state index contributed by atoms with van der Waals surface area (Å²) in [5.74, 6) is -0.409. The largest absolute Gasteiger partial charge is 0.416 e. The minimum Gasteiger partial charge on any atom is -0.354 e. The molecule has 2 fully saturated rings. The van der Waals surface area contributed by atoms with Crippen molar-refractivity contribution in [1.82, 2.24) is 16.2 Å². The van der Waals surface area contributed by atoms with E-state index < -0.39 is 23.2 Å². The van der Waals surface area contributed by atoms with Crippen LogP contribution < -0.4 is 16.2 Å². The highest BCUT2D eigenvalue weighted by atomic mass is 19.4. The summed E-state index contributed by atoms with van der Waals surface area (Å²) >= 11 is 0. The fraction of sp³-hybridized carbons (Fsp3) is 0.556. The third kappa shape index (κ3) is 4.00. The second kappa shape index (κ2) is 7.26. The number of rotatable bonds is 4. The number of benzene rings is 1. The molecule has 0 radical (unpaired) electrons. The summed E-state index contributed by atoms with van der Waals surface area (Å²) in [6, 6.07) is 4.90. The lowest BCUT2D eigenvalue weighted by molar-refractivity contribution is -0.137. The van der Waals surface area contributed by atoms with E-state index in [1.807, 2.05) is 0 Å². The van der Waals surface area contributed by atoms with Crippen molar-refractivity contribution >= 4 is 11.8 Å². The lowest BCUT2D eigenvalue weighted by Gasteiger charge is -2.32. The van der Waals surface area contributed by atoms with Gasteiger partial charge in [0.05, 0.1) is 5.56 Å². The van der Waals surface area contributed by atoms with E-state index in [0.29, 0.717) is 18.5 Å². The Morgan fingerprint density at radius 1 is 1.27 bits per heavy atom. The van der Waals surface area contributed by atoms with E-state index in [2.05, 4.69) is 16.2 Å². The van der Waals surface area contributed by atoms with E-state index >= 15 is 0 Å². The molecular weight excluding hydrogens is 347 g/mol. The van der Waals surface area contributed by atoms with Gasteiger partial charge in [-0.25, -0.2) is 5.43 Å². The molecule has 2 amide bonds. The van der Waals surface area contributed by atoms with Crippen molar-refractivity contribution < 1.29 is 22.8 Å². The second-order valence-electron chi connectivity index (χ2n) is 7.07. The molecule has 8 heteroatoms. The van der Waals surface area contributed by atoms with Crippen LogP contribution in [0.4, 0.5) is 13.2 Å². The molecule has 1 atom stereocenters. The van der Waals surface area contributed by atoms with Gasteiger partial charge in [-0.05, 0) is 30.9 Å². The summed E-state index contributed by atoms with van der Waals surface area (Å²) in [6.45, 7) is 0.291. The van der Waals surface area contributed by atoms with Gasteiger partial charge in [0.25, 0.3) is 0 Å². The highest BCUT2D eigenvalue weighted by Gasteiger charge is 2.39. The second-order valence-corrected chi connectivity index (χ2v) is 7.07. The summed E-state index contributed by atoms with van der Waals surface area (Å²) in [6.07, 6.45) is -0.401. The van der Waals surface area contributed by atoms with Crippen LogP contribution in [0, 0.1) is 0 Å². The van der Waals surface area contributed by atoms with Gasteiger partial charge >= 0.3 is 6.18 Å². The average molecular weight is 369 g/mol. The van der Waals surface area contributed by atoms with Gasteiger partial charge in [-0.3, -0.25) is 15.0 Å². The Kier molecular flexibility index (Phi) is 5.22. The van der Waals surface area contributed by atoms with Crippen molar-refractivity contribution in [3.8, 4) is 0 Å². The first-order valence-corrected chi connectivity index (χ1v) is 8.80. The Morgan fingerprint density at radius 2 is 2.00 bits per heavy atom. The highest BCUT2D eigenvalue weighted by molar-refractivity contribution is 5.85. The van der Waals surface area contributed by atoms with Crippen LogP contribution in [0.2, 0.25) is 0 Å². The van der Waals surface area contributed by atoms with Gasteiger partial charge in [-0.1, -0.05) is 31.0 Å². The van der Waals surface area contributed by atoms with Crippen LogP contribution in [-0.2, 0) is 21.2 Å². The van der Waals surface area contributed by atoms with Crippen molar-refractivity contribution in [3.63, 3.8) is 0 Å². The number of nitrogens with one attached hydrogen (secondary N) is 3. The number of hydrogen-bond donors (Lipinski definition) is 3. The summed E-state index contributed by atoms with van der Waals surface area (Å²) in [7, 11) is 0. The molecule has 1 unspecified atom stereocenters. The normalized spacial score (nSPS) is 22.7. The summed E-state index contributed by atoms with van der Waals surface area (Å²) in [5, 5.41) is 2.87. The molecule has 1 aromatic rings. The van der Waals surface area contributed by atoms with E-state index in [1.54, 1.807) is 6.07 Å². The SMILES string of the molecule is O=C1CCC(C(=O)NCC2(c3cccc(C(F)(F)F)c3)CCCC2)NN1. The molecule has 1 aliphatic heterocycles. The zero-order chi connectivity index (χ0) is 18.8. The topological polar surface area (TPSA) is 70.2 Å². The summed E-state index contributed by atoms with van der Waals surface area (Å²) in [5.41, 5.74) is 4.58. The third-order valence-corrected chi connectivity index (χ3v) is 5.33. The van der Waals surface area contributed by atoms with Gasteiger partial charge in [0, 0.05) is 18.4 Å². The number of carbonyl (C=O) groups is 2. The molecule has 1 saturated carbocycles. The predicted octanol–water partition coefficient (Wildman–Crippen LogP) is 2.42. The third-order valence-electron chi connectivity index (χ3n) is 5.33. The minimum absolute atomic E-state index is 0.162. The first-order valence-electron chi connectivity index (χ1n) is 8.80. The van der Waals surface area contributed by atoms with Crippen molar-refractivity contribution in [2.24, 2.45) is 0 Å². The smallest absolute Gasteiger partial charge is 0.354 e. The summed E-state index contributed by atoms with van der Waals surface area (Å²) < 4.78 is 39.2. The van der Waals surface area contributed by atoms with Gasteiger partial charge < -0.3 is 5.32 Å². The van der Waals surface area contributed by atoms with E-state index in [9.17, 15) is 22.8 Å².